The largest absolute Gasteiger partial charge is 0.497 e. The number of carbonyl (C=O) groups is 1. The van der Waals surface area contributed by atoms with Crippen LogP contribution in [0.4, 0.5) is 5.69 Å². The molecule has 170 valence electrons. The van der Waals surface area contributed by atoms with Gasteiger partial charge in [-0.1, -0.05) is 53.7 Å². The number of hydrogen-bond acceptors (Lipinski definition) is 4. The van der Waals surface area contributed by atoms with Gasteiger partial charge in [-0.3, -0.25) is 4.79 Å². The fraction of sp³-hybridized carbons (Fsp3) is 0.458. The second kappa shape index (κ2) is 10.3. The highest BCUT2D eigenvalue weighted by Gasteiger charge is 2.27. The number of ether oxygens (including phenoxy) is 1. The number of hydrogen-bond donors (Lipinski definition) is 2. The van der Waals surface area contributed by atoms with Crippen molar-refractivity contribution in [3.05, 3.63) is 53.1 Å². The molecule has 2 rings (SSSR count). The van der Waals surface area contributed by atoms with Crippen LogP contribution in [0.15, 0.2) is 41.3 Å². The predicted molar refractivity (Wildman–Crippen MR) is 126 cm³/mol. The van der Waals surface area contributed by atoms with Crippen LogP contribution in [-0.2, 0) is 14.8 Å². The summed E-state index contributed by atoms with van der Waals surface area (Å²) < 4.78 is 34.2. The van der Waals surface area contributed by atoms with Crippen molar-refractivity contribution in [1.29, 1.82) is 0 Å². The van der Waals surface area contributed by atoms with Gasteiger partial charge in [-0.15, -0.1) is 0 Å². The second-order valence-electron chi connectivity index (χ2n) is 8.59. The van der Waals surface area contributed by atoms with Crippen LogP contribution in [0.25, 0.3) is 0 Å². The topological polar surface area (TPSA) is 84.5 Å². The van der Waals surface area contributed by atoms with Gasteiger partial charge in [-0.2, -0.15) is 0 Å². The maximum Gasteiger partial charge on any atom is 0.241 e. The van der Waals surface area contributed by atoms with Crippen LogP contribution >= 0.6 is 0 Å². The smallest absolute Gasteiger partial charge is 0.241 e. The molecule has 7 heteroatoms. The van der Waals surface area contributed by atoms with E-state index < -0.39 is 15.9 Å². The number of anilines is 1. The minimum Gasteiger partial charge on any atom is -0.497 e. The number of benzene rings is 2. The molecular weight excluding hydrogens is 412 g/mol. The SMILES string of the molecule is COc1ccc(NC(=O)CNS(=O)(=O)c2c(C(C)C)cc(C(C)C)cc2C(C)C)cc1. The molecule has 0 unspecified atom stereocenters. The summed E-state index contributed by atoms with van der Waals surface area (Å²) in [6.45, 7) is 11.8. The Morgan fingerprint density at radius 3 is 1.84 bits per heavy atom. The molecule has 2 N–H and O–H groups in total. The predicted octanol–water partition coefficient (Wildman–Crippen LogP) is 4.98. The maximum atomic E-state index is 13.3. The van der Waals surface area contributed by atoms with Crippen LogP contribution in [0.2, 0.25) is 0 Å². The third kappa shape index (κ3) is 6.31. The van der Waals surface area contributed by atoms with Gasteiger partial charge in [0.1, 0.15) is 5.75 Å². The van der Waals surface area contributed by atoms with Crippen molar-refractivity contribution in [2.45, 2.75) is 64.2 Å². The van der Waals surface area contributed by atoms with E-state index in [0.29, 0.717) is 16.3 Å². The first-order valence-corrected chi connectivity index (χ1v) is 12.1. The van der Waals surface area contributed by atoms with E-state index in [-0.39, 0.29) is 24.3 Å². The highest BCUT2D eigenvalue weighted by molar-refractivity contribution is 7.89. The Balaban J connectivity index is 2.30. The molecule has 0 saturated heterocycles. The molecule has 0 bridgehead atoms. The quantitative estimate of drug-likeness (QED) is 0.569. The van der Waals surface area contributed by atoms with Crippen molar-refractivity contribution in [3.8, 4) is 5.75 Å². The summed E-state index contributed by atoms with van der Waals surface area (Å²) in [5.74, 6) is 0.567. The average Bonchev–Trinajstić information content (AvgIpc) is 2.71. The maximum absolute atomic E-state index is 13.3. The lowest BCUT2D eigenvalue weighted by Crippen LogP contribution is -2.34. The first-order chi connectivity index (χ1) is 14.5. The molecule has 0 atom stereocenters. The summed E-state index contributed by atoms with van der Waals surface area (Å²) in [7, 11) is -2.32. The zero-order valence-electron chi connectivity index (χ0n) is 19.4. The number of amides is 1. The third-order valence-electron chi connectivity index (χ3n) is 5.14. The molecule has 0 aliphatic carbocycles. The van der Waals surface area contributed by atoms with Crippen LogP contribution in [0.5, 0.6) is 5.75 Å². The summed E-state index contributed by atoms with van der Waals surface area (Å²) in [5.41, 5.74) is 3.23. The Morgan fingerprint density at radius 2 is 1.42 bits per heavy atom. The second-order valence-corrected chi connectivity index (χ2v) is 10.3. The van der Waals surface area contributed by atoms with Crippen molar-refractivity contribution in [3.63, 3.8) is 0 Å². The average molecular weight is 447 g/mol. The number of sulfonamides is 1. The van der Waals surface area contributed by atoms with Gasteiger partial charge in [0.2, 0.25) is 15.9 Å². The molecule has 0 saturated carbocycles. The fourth-order valence-corrected chi connectivity index (χ4v) is 4.99. The Kier molecular flexibility index (Phi) is 8.26. The first kappa shape index (κ1) is 24.9. The number of methoxy groups -OCH3 is 1. The fourth-order valence-electron chi connectivity index (χ4n) is 3.31. The lowest BCUT2D eigenvalue weighted by Gasteiger charge is -2.23. The molecular formula is C24H34N2O4S. The van der Waals surface area contributed by atoms with E-state index in [1.807, 2.05) is 39.8 Å². The van der Waals surface area contributed by atoms with Crippen molar-refractivity contribution < 1.29 is 17.9 Å². The summed E-state index contributed by atoms with van der Waals surface area (Å²) in [6, 6.07) is 10.8. The highest BCUT2D eigenvalue weighted by Crippen LogP contribution is 2.35. The van der Waals surface area contributed by atoms with E-state index in [1.165, 1.54) is 0 Å². The van der Waals surface area contributed by atoms with E-state index in [2.05, 4.69) is 23.9 Å². The van der Waals surface area contributed by atoms with Crippen molar-refractivity contribution >= 4 is 21.6 Å². The minimum atomic E-state index is -3.88. The Labute approximate surface area is 186 Å². The normalized spacial score (nSPS) is 11.9. The number of nitrogens with one attached hydrogen (secondary N) is 2. The Morgan fingerprint density at radius 1 is 0.903 bits per heavy atom. The molecule has 1 amide bonds. The van der Waals surface area contributed by atoms with Gasteiger partial charge in [0, 0.05) is 5.69 Å². The molecule has 6 nitrogen and oxygen atoms in total. The van der Waals surface area contributed by atoms with Gasteiger partial charge in [-0.25, -0.2) is 13.1 Å². The van der Waals surface area contributed by atoms with E-state index in [0.717, 1.165) is 16.7 Å². The standard InChI is InChI=1S/C24H34N2O4S/c1-15(2)18-12-21(16(3)4)24(22(13-18)17(5)6)31(28,29)25-14-23(27)26-19-8-10-20(30-7)11-9-19/h8-13,15-17,25H,14H2,1-7H3,(H,26,27). The van der Waals surface area contributed by atoms with Crippen LogP contribution < -0.4 is 14.8 Å². The third-order valence-corrected chi connectivity index (χ3v) is 6.68. The molecule has 31 heavy (non-hydrogen) atoms. The number of rotatable bonds is 9. The summed E-state index contributed by atoms with van der Waals surface area (Å²) >= 11 is 0. The number of carbonyl (C=O) groups excluding carboxylic acids is 1. The molecule has 0 aromatic heterocycles. The lowest BCUT2D eigenvalue weighted by atomic mass is 9.89. The van der Waals surface area contributed by atoms with Gasteiger partial charge in [0.15, 0.2) is 0 Å². The highest BCUT2D eigenvalue weighted by atomic mass is 32.2. The Hall–Kier alpha value is -2.38. The molecule has 0 fully saturated rings. The summed E-state index contributed by atoms with van der Waals surface area (Å²) in [5, 5.41) is 2.69. The van der Waals surface area contributed by atoms with E-state index in [1.54, 1.807) is 31.4 Å². The van der Waals surface area contributed by atoms with E-state index in [4.69, 9.17) is 4.74 Å². The van der Waals surface area contributed by atoms with Crippen LogP contribution in [0.1, 0.15) is 76.0 Å². The van der Waals surface area contributed by atoms with Gasteiger partial charge < -0.3 is 10.1 Å². The van der Waals surface area contributed by atoms with Crippen LogP contribution in [0.3, 0.4) is 0 Å². The molecule has 0 aliphatic heterocycles. The molecule has 2 aromatic carbocycles. The van der Waals surface area contributed by atoms with Gasteiger partial charge in [0.05, 0.1) is 18.6 Å². The van der Waals surface area contributed by atoms with E-state index in [9.17, 15) is 13.2 Å². The molecule has 0 radical (unpaired) electrons. The summed E-state index contributed by atoms with van der Waals surface area (Å²) in [6.07, 6.45) is 0. The zero-order chi connectivity index (χ0) is 23.3. The van der Waals surface area contributed by atoms with Crippen molar-refractivity contribution in [1.82, 2.24) is 4.72 Å². The molecule has 2 aromatic rings. The van der Waals surface area contributed by atoms with E-state index >= 15 is 0 Å². The molecule has 0 aliphatic rings. The monoisotopic (exact) mass is 446 g/mol. The van der Waals surface area contributed by atoms with Gasteiger partial charge >= 0.3 is 0 Å². The Bertz CT molecular complexity index is 981. The van der Waals surface area contributed by atoms with Gasteiger partial charge in [0.25, 0.3) is 0 Å². The van der Waals surface area contributed by atoms with Crippen molar-refractivity contribution in [2.24, 2.45) is 0 Å². The zero-order valence-corrected chi connectivity index (χ0v) is 20.3. The molecule has 0 spiro atoms. The summed E-state index contributed by atoms with van der Waals surface area (Å²) in [4.78, 5) is 12.6. The lowest BCUT2D eigenvalue weighted by molar-refractivity contribution is -0.115. The van der Waals surface area contributed by atoms with Crippen LogP contribution in [-0.4, -0.2) is 28.0 Å². The molecule has 0 heterocycles. The van der Waals surface area contributed by atoms with Gasteiger partial charge in [-0.05, 0) is 58.7 Å². The minimum absolute atomic E-state index is 0.0240. The van der Waals surface area contributed by atoms with Crippen molar-refractivity contribution in [2.75, 3.05) is 19.0 Å². The first-order valence-electron chi connectivity index (χ1n) is 10.6. The van der Waals surface area contributed by atoms with Crippen LogP contribution in [0, 0.1) is 0 Å².